The van der Waals surface area contributed by atoms with Crippen molar-refractivity contribution in [3.63, 3.8) is 0 Å². The molecule has 1 atom stereocenters. The summed E-state index contributed by atoms with van der Waals surface area (Å²) >= 11 is 2.91. The Hall–Kier alpha value is -3.94. The summed E-state index contributed by atoms with van der Waals surface area (Å²) in [6.45, 7) is 5.96. The number of nitriles is 1. The van der Waals surface area contributed by atoms with Gasteiger partial charge in [-0.25, -0.2) is 0 Å². The van der Waals surface area contributed by atoms with Crippen LogP contribution in [0.15, 0.2) is 75.5 Å². The SMILES string of the molecule is Cc1ccc2c(c1)C1(C(=O)N2)C(C#N)=C(N)N(c2nnc(SCc3ccccc3)s2)C2=C1C(=O)CC(C)(C)C2. The first-order chi connectivity index (χ1) is 18.7. The molecule has 1 aromatic heterocycles. The van der Waals surface area contributed by atoms with Gasteiger partial charge in [0, 0.05) is 34.7 Å². The highest BCUT2D eigenvalue weighted by atomic mass is 32.2. The van der Waals surface area contributed by atoms with Crippen LogP contribution in [0.25, 0.3) is 0 Å². The Balaban J connectivity index is 1.52. The van der Waals surface area contributed by atoms with Crippen LogP contribution in [0.2, 0.25) is 0 Å². The van der Waals surface area contributed by atoms with E-state index in [0.29, 0.717) is 34.1 Å². The highest BCUT2D eigenvalue weighted by Crippen LogP contribution is 2.57. The average Bonchev–Trinajstić information content (AvgIpc) is 3.46. The molecule has 3 aromatic rings. The van der Waals surface area contributed by atoms with Crippen LogP contribution in [0.4, 0.5) is 10.8 Å². The van der Waals surface area contributed by atoms with Crippen LogP contribution >= 0.6 is 23.1 Å². The number of hydrogen-bond acceptors (Lipinski definition) is 9. The number of Topliss-reactive ketones (excluding diaryl/α,β-unsaturated/α-hetero) is 1. The molecule has 0 saturated carbocycles. The molecule has 1 aliphatic carbocycles. The highest BCUT2D eigenvalue weighted by Gasteiger charge is 2.61. The van der Waals surface area contributed by atoms with Gasteiger partial charge in [-0.05, 0) is 30.4 Å². The van der Waals surface area contributed by atoms with E-state index < -0.39 is 11.3 Å². The number of carbonyl (C=O) groups is 2. The van der Waals surface area contributed by atoms with E-state index in [9.17, 15) is 14.9 Å². The molecule has 1 spiro atoms. The van der Waals surface area contributed by atoms with Crippen LogP contribution in [0, 0.1) is 23.7 Å². The first-order valence-electron chi connectivity index (χ1n) is 12.6. The number of rotatable bonds is 4. The molecule has 3 N–H and O–H groups in total. The normalized spacial score (nSPS) is 21.6. The van der Waals surface area contributed by atoms with Gasteiger partial charge in [-0.3, -0.25) is 14.5 Å². The summed E-state index contributed by atoms with van der Waals surface area (Å²) in [6.07, 6.45) is 0.735. The Bertz CT molecular complexity index is 1650. The molecule has 1 amide bonds. The number of amides is 1. The maximum Gasteiger partial charge on any atom is 0.245 e. The largest absolute Gasteiger partial charge is 0.384 e. The van der Waals surface area contributed by atoms with Crippen molar-refractivity contribution < 1.29 is 9.59 Å². The quantitative estimate of drug-likeness (QED) is 0.423. The number of anilines is 2. The van der Waals surface area contributed by atoms with Crippen LogP contribution in [0.1, 0.15) is 43.4 Å². The molecule has 8 nitrogen and oxygen atoms in total. The van der Waals surface area contributed by atoms with Crippen LogP contribution in [-0.2, 0) is 20.8 Å². The van der Waals surface area contributed by atoms with Gasteiger partial charge in [0.2, 0.25) is 11.0 Å². The summed E-state index contributed by atoms with van der Waals surface area (Å²) in [5.74, 6) is 0.226. The predicted molar refractivity (Wildman–Crippen MR) is 152 cm³/mol. The second-order valence-corrected chi connectivity index (χ2v) is 13.0. The lowest BCUT2D eigenvalue weighted by molar-refractivity contribution is -0.123. The van der Waals surface area contributed by atoms with Crippen LogP contribution in [0.5, 0.6) is 0 Å². The van der Waals surface area contributed by atoms with Crippen LogP contribution in [0.3, 0.4) is 0 Å². The molecule has 39 heavy (non-hydrogen) atoms. The molecule has 196 valence electrons. The molecule has 1 unspecified atom stereocenters. The number of ketones is 1. The minimum absolute atomic E-state index is 0.0323. The Kier molecular flexibility index (Phi) is 5.90. The average molecular weight is 555 g/mol. The topological polar surface area (TPSA) is 125 Å². The first kappa shape index (κ1) is 25.3. The molecular weight excluding hydrogens is 528 g/mol. The van der Waals surface area contributed by atoms with Gasteiger partial charge in [-0.1, -0.05) is 85.0 Å². The molecule has 6 rings (SSSR count). The lowest BCUT2D eigenvalue weighted by atomic mass is 9.61. The Morgan fingerprint density at radius 2 is 1.92 bits per heavy atom. The maximum atomic E-state index is 14.0. The number of nitrogens with zero attached hydrogens (tertiary/aromatic N) is 4. The van der Waals surface area contributed by atoms with E-state index in [1.807, 2.05) is 57.2 Å². The molecule has 0 saturated heterocycles. The Morgan fingerprint density at radius 3 is 2.67 bits per heavy atom. The number of allylic oxidation sites excluding steroid dienone is 1. The summed E-state index contributed by atoms with van der Waals surface area (Å²) in [6, 6.07) is 17.9. The number of aromatic nitrogens is 2. The van der Waals surface area contributed by atoms with E-state index in [1.165, 1.54) is 11.3 Å². The van der Waals surface area contributed by atoms with Gasteiger partial charge in [-0.15, -0.1) is 10.2 Å². The molecule has 10 heteroatoms. The van der Waals surface area contributed by atoms with Crippen molar-refractivity contribution in [3.05, 3.63) is 87.9 Å². The van der Waals surface area contributed by atoms with E-state index in [2.05, 4.69) is 33.7 Å². The Morgan fingerprint density at radius 1 is 1.15 bits per heavy atom. The van der Waals surface area contributed by atoms with Gasteiger partial charge in [0.05, 0.1) is 5.57 Å². The Labute approximate surface area is 234 Å². The van der Waals surface area contributed by atoms with Crippen LogP contribution in [-0.4, -0.2) is 21.9 Å². The van der Waals surface area contributed by atoms with Crippen molar-refractivity contribution in [3.8, 4) is 6.07 Å². The van der Waals surface area contributed by atoms with E-state index in [-0.39, 0.29) is 29.0 Å². The van der Waals surface area contributed by atoms with Gasteiger partial charge in [0.1, 0.15) is 17.3 Å². The molecule has 3 aliphatic rings. The summed E-state index contributed by atoms with van der Waals surface area (Å²) in [4.78, 5) is 29.5. The number of carbonyl (C=O) groups excluding carboxylic acids is 2. The molecule has 3 heterocycles. The summed E-state index contributed by atoms with van der Waals surface area (Å²) in [5.41, 5.74) is 9.00. The fraction of sp³-hybridized carbons (Fsp3) is 0.276. The van der Waals surface area contributed by atoms with Crippen LogP contribution < -0.4 is 16.0 Å². The molecule has 2 aromatic carbocycles. The maximum absolute atomic E-state index is 14.0. The summed E-state index contributed by atoms with van der Waals surface area (Å²) < 4.78 is 0.739. The van der Waals surface area contributed by atoms with E-state index in [0.717, 1.165) is 21.2 Å². The number of fused-ring (bicyclic) bond motifs is 3. The third-order valence-corrected chi connectivity index (χ3v) is 9.55. The van der Waals surface area contributed by atoms with Gasteiger partial charge >= 0.3 is 0 Å². The standard InChI is InChI=1S/C29H26N6O2S2/c1-16-9-10-20-18(11-16)29(25(37)32-20)19(14-30)24(31)35(21-12-28(2,3)13-22(36)23(21)29)26-33-34-27(39-26)38-15-17-7-5-4-6-8-17/h4-11H,12-13,15,31H2,1-3H3,(H,32,37). The number of benzene rings is 2. The highest BCUT2D eigenvalue weighted by molar-refractivity contribution is 8.00. The van der Waals surface area contributed by atoms with E-state index >= 15 is 0 Å². The van der Waals surface area contributed by atoms with Gasteiger partial charge in [0.25, 0.3) is 0 Å². The number of nitrogens with one attached hydrogen (secondary N) is 1. The third kappa shape index (κ3) is 3.87. The molecular formula is C29H26N6O2S2. The van der Waals surface area contributed by atoms with Crippen molar-refractivity contribution in [1.82, 2.24) is 10.2 Å². The molecule has 0 bridgehead atoms. The van der Waals surface area contributed by atoms with Gasteiger partial charge in [-0.2, -0.15) is 5.26 Å². The molecule has 2 aliphatic heterocycles. The zero-order chi connectivity index (χ0) is 27.5. The fourth-order valence-electron chi connectivity index (χ4n) is 5.82. The minimum atomic E-state index is -1.60. The van der Waals surface area contributed by atoms with E-state index in [1.54, 1.807) is 16.7 Å². The van der Waals surface area contributed by atoms with Crippen molar-refractivity contribution in [2.24, 2.45) is 11.1 Å². The second kappa shape index (κ2) is 9.07. The zero-order valence-corrected chi connectivity index (χ0v) is 23.4. The summed E-state index contributed by atoms with van der Waals surface area (Å²) in [5, 5.41) is 22.7. The zero-order valence-electron chi connectivity index (χ0n) is 21.7. The molecule has 0 radical (unpaired) electrons. The number of aryl methyl sites for hydroxylation is 1. The van der Waals surface area contributed by atoms with Crippen molar-refractivity contribution in [2.45, 2.75) is 49.1 Å². The van der Waals surface area contributed by atoms with Crippen molar-refractivity contribution in [1.29, 1.82) is 5.26 Å². The third-order valence-electron chi connectivity index (χ3n) is 7.44. The van der Waals surface area contributed by atoms with Crippen molar-refractivity contribution in [2.75, 3.05) is 10.2 Å². The number of hydrogen-bond donors (Lipinski definition) is 2. The fourth-order valence-corrected chi connectivity index (χ4v) is 7.66. The number of thioether (sulfide) groups is 1. The monoisotopic (exact) mass is 554 g/mol. The van der Waals surface area contributed by atoms with Gasteiger partial charge in [0.15, 0.2) is 10.1 Å². The van der Waals surface area contributed by atoms with Crippen molar-refractivity contribution >= 4 is 45.6 Å². The first-order valence-corrected chi connectivity index (χ1v) is 14.4. The smallest absolute Gasteiger partial charge is 0.245 e. The van der Waals surface area contributed by atoms with E-state index in [4.69, 9.17) is 5.73 Å². The lowest BCUT2D eigenvalue weighted by Gasteiger charge is -2.45. The lowest BCUT2D eigenvalue weighted by Crippen LogP contribution is -2.52. The minimum Gasteiger partial charge on any atom is -0.384 e. The second-order valence-electron chi connectivity index (χ2n) is 10.8. The molecule has 0 fully saturated rings. The van der Waals surface area contributed by atoms with Gasteiger partial charge < -0.3 is 11.1 Å². The predicted octanol–water partition coefficient (Wildman–Crippen LogP) is 5.19. The number of nitrogens with two attached hydrogens (primary N) is 1. The summed E-state index contributed by atoms with van der Waals surface area (Å²) in [7, 11) is 0.